The SMILES string of the molecule is O=C(O)C1CCC(Nc2nc(C3CCCCC3)ns2)CC1. The molecule has 2 N–H and O–H groups in total. The van der Waals surface area contributed by atoms with E-state index in [2.05, 4.69) is 14.7 Å². The number of carboxylic acids is 1. The zero-order chi connectivity index (χ0) is 14.7. The Bertz CT molecular complexity index is 477. The van der Waals surface area contributed by atoms with Crippen LogP contribution in [-0.4, -0.2) is 26.5 Å². The first-order chi connectivity index (χ1) is 10.2. The number of hydrogen-bond acceptors (Lipinski definition) is 5. The second kappa shape index (κ2) is 6.73. The summed E-state index contributed by atoms with van der Waals surface area (Å²) in [4.78, 5) is 15.6. The zero-order valence-electron chi connectivity index (χ0n) is 12.3. The normalized spacial score (nSPS) is 27.4. The van der Waals surface area contributed by atoms with Crippen molar-refractivity contribution < 1.29 is 9.90 Å². The van der Waals surface area contributed by atoms with Crippen molar-refractivity contribution in [3.05, 3.63) is 5.82 Å². The van der Waals surface area contributed by atoms with Crippen molar-refractivity contribution in [3.63, 3.8) is 0 Å². The Morgan fingerprint density at radius 1 is 1.10 bits per heavy atom. The van der Waals surface area contributed by atoms with E-state index in [0.29, 0.717) is 12.0 Å². The van der Waals surface area contributed by atoms with Gasteiger partial charge in [-0.1, -0.05) is 19.3 Å². The quantitative estimate of drug-likeness (QED) is 0.888. The van der Waals surface area contributed by atoms with E-state index < -0.39 is 5.97 Å². The highest BCUT2D eigenvalue weighted by atomic mass is 32.1. The molecule has 2 saturated carbocycles. The second-order valence-corrected chi connectivity index (χ2v) is 7.08. The lowest BCUT2D eigenvalue weighted by atomic mass is 9.86. The van der Waals surface area contributed by atoms with E-state index in [4.69, 9.17) is 5.11 Å². The molecule has 0 aliphatic heterocycles. The molecule has 2 aliphatic carbocycles. The third-order valence-electron chi connectivity index (χ3n) is 4.82. The maximum atomic E-state index is 11.0. The highest BCUT2D eigenvalue weighted by Gasteiger charge is 2.27. The molecule has 6 heteroatoms. The van der Waals surface area contributed by atoms with E-state index in [1.807, 2.05) is 0 Å². The minimum Gasteiger partial charge on any atom is -0.481 e. The number of nitrogens with one attached hydrogen (secondary N) is 1. The molecule has 0 atom stereocenters. The van der Waals surface area contributed by atoms with E-state index in [-0.39, 0.29) is 5.92 Å². The van der Waals surface area contributed by atoms with Crippen molar-refractivity contribution in [1.82, 2.24) is 9.36 Å². The molecule has 0 unspecified atom stereocenters. The number of carboxylic acid groups (broad SMARTS) is 1. The molecular formula is C15H23N3O2S. The maximum absolute atomic E-state index is 11.0. The van der Waals surface area contributed by atoms with Gasteiger partial charge in [0.25, 0.3) is 0 Å². The van der Waals surface area contributed by atoms with Crippen molar-refractivity contribution in [3.8, 4) is 0 Å². The Morgan fingerprint density at radius 2 is 1.81 bits per heavy atom. The van der Waals surface area contributed by atoms with Gasteiger partial charge in [-0.25, -0.2) is 4.98 Å². The predicted octanol–water partition coefficient (Wildman–Crippen LogP) is 3.64. The summed E-state index contributed by atoms with van der Waals surface area (Å²) in [5.74, 6) is 0.758. The van der Waals surface area contributed by atoms with Gasteiger partial charge in [-0.05, 0) is 38.5 Å². The molecule has 3 rings (SSSR count). The molecule has 0 bridgehead atoms. The largest absolute Gasteiger partial charge is 0.481 e. The van der Waals surface area contributed by atoms with Crippen molar-refractivity contribution in [2.45, 2.75) is 69.7 Å². The van der Waals surface area contributed by atoms with Crippen molar-refractivity contribution in [2.75, 3.05) is 5.32 Å². The minimum atomic E-state index is -0.649. The molecule has 21 heavy (non-hydrogen) atoms. The number of nitrogens with zero attached hydrogens (tertiary/aromatic N) is 2. The molecule has 2 aliphatic rings. The van der Waals surface area contributed by atoms with Gasteiger partial charge in [-0.2, -0.15) is 4.37 Å². The molecule has 1 heterocycles. The van der Waals surface area contributed by atoms with E-state index in [9.17, 15) is 4.79 Å². The Morgan fingerprint density at radius 3 is 2.48 bits per heavy atom. The molecule has 0 radical (unpaired) electrons. The van der Waals surface area contributed by atoms with Crippen LogP contribution < -0.4 is 5.32 Å². The van der Waals surface area contributed by atoms with Crippen LogP contribution in [0.3, 0.4) is 0 Å². The van der Waals surface area contributed by atoms with Gasteiger partial charge in [-0.15, -0.1) is 0 Å². The lowest BCUT2D eigenvalue weighted by Crippen LogP contribution is -2.29. The first-order valence-corrected chi connectivity index (χ1v) is 8.82. The molecule has 0 saturated heterocycles. The van der Waals surface area contributed by atoms with Crippen LogP contribution in [0.5, 0.6) is 0 Å². The third-order valence-corrected chi connectivity index (χ3v) is 5.48. The standard InChI is InChI=1S/C15H23N3O2S/c19-14(20)11-6-8-12(9-7-11)16-15-17-13(18-21-15)10-4-2-1-3-5-10/h10-12H,1-9H2,(H,19,20)(H,16,17,18). The zero-order valence-corrected chi connectivity index (χ0v) is 13.1. The summed E-state index contributed by atoms with van der Waals surface area (Å²) in [5.41, 5.74) is 0. The summed E-state index contributed by atoms with van der Waals surface area (Å²) < 4.78 is 4.52. The van der Waals surface area contributed by atoms with Gasteiger partial charge in [0.1, 0.15) is 5.82 Å². The van der Waals surface area contributed by atoms with Crippen LogP contribution in [0.1, 0.15) is 69.5 Å². The summed E-state index contributed by atoms with van der Waals surface area (Å²) in [6.07, 6.45) is 9.74. The number of hydrogen-bond donors (Lipinski definition) is 2. The van der Waals surface area contributed by atoms with E-state index in [1.165, 1.54) is 43.6 Å². The lowest BCUT2D eigenvalue weighted by Gasteiger charge is -2.26. The Labute approximate surface area is 129 Å². The van der Waals surface area contributed by atoms with Crippen LogP contribution in [0.4, 0.5) is 5.13 Å². The van der Waals surface area contributed by atoms with Gasteiger partial charge in [-0.3, -0.25) is 4.79 Å². The fourth-order valence-electron chi connectivity index (χ4n) is 3.48. The van der Waals surface area contributed by atoms with Gasteiger partial charge in [0.2, 0.25) is 5.13 Å². The van der Waals surface area contributed by atoms with Crippen LogP contribution >= 0.6 is 11.5 Å². The maximum Gasteiger partial charge on any atom is 0.306 e. The molecule has 1 aromatic rings. The highest BCUT2D eigenvalue weighted by molar-refractivity contribution is 7.09. The fraction of sp³-hybridized carbons (Fsp3) is 0.800. The van der Waals surface area contributed by atoms with Crippen LogP contribution in [0.15, 0.2) is 0 Å². The van der Waals surface area contributed by atoms with Gasteiger partial charge in [0, 0.05) is 23.5 Å². The topological polar surface area (TPSA) is 75.1 Å². The van der Waals surface area contributed by atoms with Crippen molar-refractivity contribution in [1.29, 1.82) is 0 Å². The molecule has 1 aromatic heterocycles. The first-order valence-electron chi connectivity index (χ1n) is 8.05. The first kappa shape index (κ1) is 14.8. The van der Waals surface area contributed by atoms with Gasteiger partial charge < -0.3 is 10.4 Å². The van der Waals surface area contributed by atoms with Gasteiger partial charge in [0.15, 0.2) is 0 Å². The molecule has 5 nitrogen and oxygen atoms in total. The van der Waals surface area contributed by atoms with Crippen LogP contribution in [-0.2, 0) is 4.79 Å². The molecule has 116 valence electrons. The average Bonchev–Trinajstić information content (AvgIpc) is 2.97. The van der Waals surface area contributed by atoms with Crippen molar-refractivity contribution >= 4 is 22.6 Å². The number of aromatic nitrogens is 2. The van der Waals surface area contributed by atoms with Crippen LogP contribution in [0, 0.1) is 5.92 Å². The lowest BCUT2D eigenvalue weighted by molar-refractivity contribution is -0.142. The molecule has 2 fully saturated rings. The summed E-state index contributed by atoms with van der Waals surface area (Å²) in [6, 6.07) is 0.354. The molecule has 0 aromatic carbocycles. The number of aliphatic carboxylic acids is 1. The summed E-state index contributed by atoms with van der Waals surface area (Å²) in [6.45, 7) is 0. The van der Waals surface area contributed by atoms with E-state index >= 15 is 0 Å². The van der Waals surface area contributed by atoms with E-state index in [1.54, 1.807) is 0 Å². The van der Waals surface area contributed by atoms with Gasteiger partial charge in [0.05, 0.1) is 5.92 Å². The van der Waals surface area contributed by atoms with Crippen LogP contribution in [0.2, 0.25) is 0 Å². The fourth-order valence-corrected chi connectivity index (χ4v) is 4.20. The Balaban J connectivity index is 1.52. The number of carbonyl (C=O) groups is 1. The monoisotopic (exact) mass is 309 g/mol. The Kier molecular flexibility index (Phi) is 4.73. The summed E-state index contributed by atoms with van der Waals surface area (Å²) in [5, 5.41) is 13.4. The van der Waals surface area contributed by atoms with Gasteiger partial charge >= 0.3 is 5.97 Å². The average molecular weight is 309 g/mol. The minimum absolute atomic E-state index is 0.157. The predicted molar refractivity (Wildman–Crippen MR) is 82.7 cm³/mol. The number of rotatable bonds is 4. The molecule has 0 amide bonds. The Hall–Kier alpha value is -1.17. The van der Waals surface area contributed by atoms with Crippen molar-refractivity contribution in [2.24, 2.45) is 5.92 Å². The summed E-state index contributed by atoms with van der Waals surface area (Å²) in [7, 11) is 0. The molecule has 0 spiro atoms. The second-order valence-electron chi connectivity index (χ2n) is 6.32. The van der Waals surface area contributed by atoms with E-state index in [0.717, 1.165) is 36.6 Å². The molecular weight excluding hydrogens is 286 g/mol. The smallest absolute Gasteiger partial charge is 0.306 e. The highest BCUT2D eigenvalue weighted by Crippen LogP contribution is 2.33. The number of anilines is 1. The third kappa shape index (κ3) is 3.73. The summed E-state index contributed by atoms with van der Waals surface area (Å²) >= 11 is 1.46. The van der Waals surface area contributed by atoms with Crippen LogP contribution in [0.25, 0.3) is 0 Å².